The SMILES string of the molecule is Cc1ccc(N2C(SCc3ccccc3C)=N[C@@H]3CS(=O)(=O)C[C@@H]32)cc1C. The van der Waals surface area contributed by atoms with Crippen LogP contribution in [0.15, 0.2) is 47.5 Å². The maximum Gasteiger partial charge on any atom is 0.164 e. The molecule has 0 bridgehead atoms. The fourth-order valence-electron chi connectivity index (χ4n) is 3.72. The number of nitrogens with zero attached hydrogens (tertiary/aromatic N) is 2. The molecule has 1 fully saturated rings. The summed E-state index contributed by atoms with van der Waals surface area (Å²) < 4.78 is 24.3. The maximum atomic E-state index is 12.2. The van der Waals surface area contributed by atoms with Gasteiger partial charge < -0.3 is 4.90 Å². The Morgan fingerprint density at radius 3 is 2.56 bits per heavy atom. The zero-order valence-electron chi connectivity index (χ0n) is 15.8. The Kier molecular flexibility index (Phi) is 4.80. The summed E-state index contributed by atoms with van der Waals surface area (Å²) in [6.07, 6.45) is 0. The molecule has 1 saturated heterocycles. The quantitative estimate of drug-likeness (QED) is 0.784. The first-order valence-electron chi connectivity index (χ1n) is 9.16. The first-order valence-corrected chi connectivity index (χ1v) is 12.0. The van der Waals surface area contributed by atoms with Crippen LogP contribution in [0.4, 0.5) is 5.69 Å². The number of amidine groups is 1. The van der Waals surface area contributed by atoms with E-state index in [2.05, 4.69) is 62.1 Å². The minimum Gasteiger partial charge on any atom is -0.315 e. The molecule has 0 saturated carbocycles. The number of fused-ring (bicyclic) bond motifs is 1. The van der Waals surface area contributed by atoms with Gasteiger partial charge in [0.15, 0.2) is 15.0 Å². The number of aliphatic imine (C=N–C) groups is 1. The van der Waals surface area contributed by atoms with E-state index in [0.29, 0.717) is 0 Å². The number of sulfone groups is 1. The fraction of sp³-hybridized carbons (Fsp3) is 0.381. The predicted octanol–water partition coefficient (Wildman–Crippen LogP) is 3.89. The Labute approximate surface area is 165 Å². The van der Waals surface area contributed by atoms with Gasteiger partial charge in [0.1, 0.15) is 0 Å². The summed E-state index contributed by atoms with van der Waals surface area (Å²) in [6.45, 7) is 6.30. The normalized spacial score (nSPS) is 23.4. The summed E-state index contributed by atoms with van der Waals surface area (Å²) in [6, 6.07) is 14.5. The Morgan fingerprint density at radius 1 is 1.04 bits per heavy atom. The van der Waals surface area contributed by atoms with Crippen LogP contribution < -0.4 is 4.90 Å². The molecule has 2 aromatic carbocycles. The predicted molar refractivity (Wildman–Crippen MR) is 115 cm³/mol. The lowest BCUT2D eigenvalue weighted by Gasteiger charge is -2.27. The van der Waals surface area contributed by atoms with Gasteiger partial charge >= 0.3 is 0 Å². The van der Waals surface area contributed by atoms with Crippen molar-refractivity contribution >= 4 is 32.5 Å². The number of thioether (sulfide) groups is 1. The summed E-state index contributed by atoms with van der Waals surface area (Å²) in [5.74, 6) is 1.18. The average Bonchev–Trinajstić information content (AvgIpc) is 3.08. The molecule has 142 valence electrons. The minimum atomic E-state index is -3.02. The van der Waals surface area contributed by atoms with Crippen molar-refractivity contribution in [3.05, 3.63) is 64.7 Å². The first-order chi connectivity index (χ1) is 12.8. The molecule has 2 aromatic rings. The lowest BCUT2D eigenvalue weighted by atomic mass is 10.1. The average molecular weight is 401 g/mol. The fourth-order valence-corrected chi connectivity index (χ4v) is 6.77. The topological polar surface area (TPSA) is 49.7 Å². The summed E-state index contributed by atoms with van der Waals surface area (Å²) in [5, 5.41) is 0.936. The molecule has 4 rings (SSSR count). The van der Waals surface area contributed by atoms with E-state index in [4.69, 9.17) is 4.99 Å². The number of hydrogen-bond donors (Lipinski definition) is 0. The molecule has 4 nitrogen and oxygen atoms in total. The van der Waals surface area contributed by atoms with Crippen LogP contribution in [0, 0.1) is 20.8 Å². The second kappa shape index (κ2) is 6.99. The minimum absolute atomic E-state index is 0.0866. The lowest BCUT2D eigenvalue weighted by Crippen LogP contribution is -2.39. The molecule has 6 heteroatoms. The third kappa shape index (κ3) is 3.65. The summed E-state index contributed by atoms with van der Waals surface area (Å²) >= 11 is 1.70. The molecule has 0 amide bonds. The van der Waals surface area contributed by atoms with Gasteiger partial charge in [-0.3, -0.25) is 4.99 Å². The van der Waals surface area contributed by atoms with Crippen LogP contribution in [0.25, 0.3) is 0 Å². The van der Waals surface area contributed by atoms with E-state index < -0.39 is 9.84 Å². The van der Waals surface area contributed by atoms with Crippen molar-refractivity contribution in [1.82, 2.24) is 0 Å². The van der Waals surface area contributed by atoms with Gasteiger partial charge in [0.2, 0.25) is 0 Å². The van der Waals surface area contributed by atoms with Crippen LogP contribution in [-0.4, -0.2) is 37.2 Å². The van der Waals surface area contributed by atoms with E-state index in [1.807, 2.05) is 6.07 Å². The highest BCUT2D eigenvalue weighted by molar-refractivity contribution is 8.13. The molecule has 2 atom stereocenters. The molecular formula is C21H24N2O2S2. The smallest absolute Gasteiger partial charge is 0.164 e. The molecule has 2 heterocycles. The Balaban J connectivity index is 1.65. The number of rotatable bonds is 3. The monoisotopic (exact) mass is 400 g/mol. The van der Waals surface area contributed by atoms with Gasteiger partial charge in [-0.05, 0) is 55.2 Å². The third-order valence-corrected chi connectivity index (χ3v) is 8.21. The molecule has 0 aliphatic carbocycles. The number of aryl methyl sites for hydroxylation is 3. The Bertz CT molecular complexity index is 1010. The second-order valence-corrected chi connectivity index (χ2v) is 10.6. The first kappa shape index (κ1) is 18.6. The van der Waals surface area contributed by atoms with Crippen LogP contribution in [0.2, 0.25) is 0 Å². The Morgan fingerprint density at radius 2 is 1.81 bits per heavy atom. The van der Waals surface area contributed by atoms with Crippen molar-refractivity contribution in [2.24, 2.45) is 4.99 Å². The molecule has 0 radical (unpaired) electrons. The van der Waals surface area contributed by atoms with E-state index in [0.717, 1.165) is 16.6 Å². The van der Waals surface area contributed by atoms with Gasteiger partial charge in [-0.2, -0.15) is 0 Å². The van der Waals surface area contributed by atoms with Gasteiger partial charge in [-0.15, -0.1) is 0 Å². The van der Waals surface area contributed by atoms with Crippen molar-refractivity contribution in [3.8, 4) is 0 Å². The van der Waals surface area contributed by atoms with Crippen molar-refractivity contribution in [2.75, 3.05) is 16.4 Å². The summed E-state index contributed by atoms with van der Waals surface area (Å²) in [4.78, 5) is 6.98. The largest absolute Gasteiger partial charge is 0.315 e. The van der Waals surface area contributed by atoms with Crippen LogP contribution in [0.1, 0.15) is 22.3 Å². The standard InChI is InChI=1S/C21H24N2O2S2/c1-14-8-9-18(10-16(14)3)23-20-13-27(24,25)12-19(20)22-21(23)26-11-17-7-5-4-6-15(17)2/h4-10,19-20H,11-13H2,1-3H3/t19-,20+/m1/s1. The van der Waals surface area contributed by atoms with Crippen molar-refractivity contribution in [2.45, 2.75) is 38.6 Å². The second-order valence-electron chi connectivity index (χ2n) is 7.48. The van der Waals surface area contributed by atoms with Gasteiger partial charge in [0.05, 0.1) is 23.6 Å². The van der Waals surface area contributed by atoms with Crippen molar-refractivity contribution in [3.63, 3.8) is 0 Å². The Hall–Kier alpha value is -1.79. The summed E-state index contributed by atoms with van der Waals surface area (Å²) in [7, 11) is -3.02. The van der Waals surface area contributed by atoms with E-state index in [9.17, 15) is 8.42 Å². The van der Waals surface area contributed by atoms with Gasteiger partial charge in [-0.1, -0.05) is 42.1 Å². The van der Waals surface area contributed by atoms with E-state index in [1.54, 1.807) is 11.8 Å². The van der Waals surface area contributed by atoms with Crippen LogP contribution >= 0.6 is 11.8 Å². The number of hydrogen-bond acceptors (Lipinski definition) is 5. The molecule has 0 aromatic heterocycles. The maximum absolute atomic E-state index is 12.2. The highest BCUT2D eigenvalue weighted by atomic mass is 32.2. The van der Waals surface area contributed by atoms with Crippen LogP contribution in [0.3, 0.4) is 0 Å². The van der Waals surface area contributed by atoms with E-state index in [1.165, 1.54) is 22.3 Å². The lowest BCUT2D eigenvalue weighted by molar-refractivity contribution is 0.601. The van der Waals surface area contributed by atoms with Crippen LogP contribution in [0.5, 0.6) is 0 Å². The highest BCUT2D eigenvalue weighted by Gasteiger charge is 2.47. The zero-order chi connectivity index (χ0) is 19.2. The van der Waals surface area contributed by atoms with Gasteiger partial charge in [0, 0.05) is 11.4 Å². The molecular weight excluding hydrogens is 376 g/mol. The number of benzene rings is 2. The molecule has 2 aliphatic heterocycles. The molecule has 0 N–H and O–H groups in total. The molecule has 0 spiro atoms. The van der Waals surface area contributed by atoms with Gasteiger partial charge in [0.25, 0.3) is 0 Å². The number of anilines is 1. The zero-order valence-corrected chi connectivity index (χ0v) is 17.5. The molecule has 2 aliphatic rings. The molecule has 0 unspecified atom stereocenters. The van der Waals surface area contributed by atoms with Crippen LogP contribution in [-0.2, 0) is 15.6 Å². The van der Waals surface area contributed by atoms with Crippen molar-refractivity contribution in [1.29, 1.82) is 0 Å². The van der Waals surface area contributed by atoms with E-state index in [-0.39, 0.29) is 23.6 Å². The molecule has 27 heavy (non-hydrogen) atoms. The van der Waals surface area contributed by atoms with Crippen molar-refractivity contribution < 1.29 is 8.42 Å². The summed E-state index contributed by atoms with van der Waals surface area (Å²) in [5.41, 5.74) is 6.04. The van der Waals surface area contributed by atoms with E-state index >= 15 is 0 Å². The van der Waals surface area contributed by atoms with Gasteiger partial charge in [-0.25, -0.2) is 8.42 Å². The highest BCUT2D eigenvalue weighted by Crippen LogP contribution is 2.36. The third-order valence-electron chi connectivity index (χ3n) is 5.49.